The summed E-state index contributed by atoms with van der Waals surface area (Å²) in [6.45, 7) is 3.48. The van der Waals surface area contributed by atoms with Gasteiger partial charge in [-0.05, 0) is 54.8 Å². The van der Waals surface area contributed by atoms with Crippen LogP contribution in [0.15, 0.2) is 48.5 Å². The van der Waals surface area contributed by atoms with Gasteiger partial charge in [0, 0.05) is 32.1 Å². The minimum atomic E-state index is -1.05. The maximum absolute atomic E-state index is 13.4. The quantitative estimate of drug-likeness (QED) is 0.374. The number of nitrogens with two attached hydrogens (primary N) is 2. The van der Waals surface area contributed by atoms with E-state index >= 15 is 0 Å². The van der Waals surface area contributed by atoms with Crippen LogP contribution in [0.2, 0.25) is 0 Å². The van der Waals surface area contributed by atoms with E-state index in [0.717, 1.165) is 50.0 Å². The zero-order valence-corrected chi connectivity index (χ0v) is 20.5. The predicted molar refractivity (Wildman–Crippen MR) is 133 cm³/mol. The maximum Gasteiger partial charge on any atom is 0.244 e. The molecule has 1 saturated heterocycles. The summed E-state index contributed by atoms with van der Waals surface area (Å²) in [4.78, 5) is 27.0. The summed E-state index contributed by atoms with van der Waals surface area (Å²) in [6.07, 6.45) is 2.78. The van der Waals surface area contributed by atoms with Crippen molar-refractivity contribution in [2.75, 3.05) is 32.7 Å². The van der Waals surface area contributed by atoms with Gasteiger partial charge < -0.3 is 16.4 Å². The van der Waals surface area contributed by atoms with Crippen molar-refractivity contribution in [2.24, 2.45) is 11.5 Å². The van der Waals surface area contributed by atoms with Crippen molar-refractivity contribution in [3.63, 3.8) is 0 Å². The summed E-state index contributed by atoms with van der Waals surface area (Å²) in [5.74, 6) is -1.90. The summed E-state index contributed by atoms with van der Waals surface area (Å²) in [5.41, 5.74) is 12.6. The van der Waals surface area contributed by atoms with Gasteiger partial charge >= 0.3 is 0 Å². The second-order valence-corrected chi connectivity index (χ2v) is 8.24. The van der Waals surface area contributed by atoms with Gasteiger partial charge in [0.25, 0.3) is 0 Å². The SMILES string of the molecule is Cl.Cl.NC(=O)C(C(N)=O)N1CCN(CCCCC(c2ccc(F)cc2)c2ccc(F)cc2)CC1. The number of carbonyl (C=O) groups excluding carboxylic acids is 2. The van der Waals surface area contributed by atoms with Crippen LogP contribution in [0.4, 0.5) is 8.78 Å². The van der Waals surface area contributed by atoms with Crippen LogP contribution < -0.4 is 11.5 Å². The molecule has 10 heteroatoms. The van der Waals surface area contributed by atoms with Crippen molar-refractivity contribution in [1.29, 1.82) is 0 Å². The Labute approximate surface area is 211 Å². The summed E-state index contributed by atoms with van der Waals surface area (Å²) in [7, 11) is 0. The van der Waals surface area contributed by atoms with E-state index in [4.69, 9.17) is 11.5 Å². The Morgan fingerprint density at radius 1 is 0.765 bits per heavy atom. The summed E-state index contributed by atoms with van der Waals surface area (Å²) in [6, 6.07) is 11.9. The average Bonchev–Trinajstić information content (AvgIpc) is 2.76. The normalized spacial score (nSPS) is 14.5. The van der Waals surface area contributed by atoms with E-state index in [2.05, 4.69) is 4.90 Å². The van der Waals surface area contributed by atoms with Crippen LogP contribution in [0.1, 0.15) is 36.3 Å². The number of piperazine rings is 1. The molecule has 1 aliphatic rings. The first-order chi connectivity index (χ1) is 15.3. The Balaban J connectivity index is 0.00000289. The minimum absolute atomic E-state index is 0. The number of halogens is 4. The number of primary amides is 2. The highest BCUT2D eigenvalue weighted by Crippen LogP contribution is 2.30. The molecule has 2 aromatic carbocycles. The molecule has 4 N–H and O–H groups in total. The lowest BCUT2D eigenvalue weighted by Crippen LogP contribution is -2.58. The highest BCUT2D eigenvalue weighted by atomic mass is 35.5. The van der Waals surface area contributed by atoms with Gasteiger partial charge in [-0.25, -0.2) is 8.78 Å². The minimum Gasteiger partial charge on any atom is -0.368 e. The Bertz CT molecular complexity index is 849. The molecule has 2 amide bonds. The lowest BCUT2D eigenvalue weighted by Gasteiger charge is -2.37. The molecule has 2 aromatic rings. The topological polar surface area (TPSA) is 92.7 Å². The van der Waals surface area contributed by atoms with E-state index in [0.29, 0.717) is 13.1 Å². The number of benzene rings is 2. The van der Waals surface area contributed by atoms with Crippen LogP contribution in [-0.4, -0.2) is 60.4 Å². The van der Waals surface area contributed by atoms with Gasteiger partial charge in [-0.2, -0.15) is 0 Å². The molecule has 0 aromatic heterocycles. The number of nitrogens with zero attached hydrogens (tertiary/aromatic N) is 2. The average molecular weight is 517 g/mol. The lowest BCUT2D eigenvalue weighted by molar-refractivity contribution is -0.134. The van der Waals surface area contributed by atoms with Gasteiger partial charge in [0.15, 0.2) is 6.04 Å². The Morgan fingerprint density at radius 3 is 1.62 bits per heavy atom. The molecule has 0 spiro atoms. The van der Waals surface area contributed by atoms with Crippen molar-refractivity contribution in [2.45, 2.75) is 31.2 Å². The molecule has 1 aliphatic heterocycles. The zero-order chi connectivity index (χ0) is 23.1. The van der Waals surface area contributed by atoms with Crippen LogP contribution in [0.25, 0.3) is 0 Å². The van der Waals surface area contributed by atoms with Crippen molar-refractivity contribution in [3.8, 4) is 0 Å². The maximum atomic E-state index is 13.4. The molecule has 1 heterocycles. The molecule has 0 atom stereocenters. The predicted octanol–water partition coefficient (Wildman–Crippen LogP) is 3.07. The van der Waals surface area contributed by atoms with Gasteiger partial charge in [-0.1, -0.05) is 30.7 Å². The van der Waals surface area contributed by atoms with Crippen molar-refractivity contribution >= 4 is 36.6 Å². The Kier molecular flexibility index (Phi) is 12.4. The highest BCUT2D eigenvalue weighted by Gasteiger charge is 2.31. The molecular formula is C24H32Cl2F2N4O2. The number of hydrogen-bond donors (Lipinski definition) is 2. The molecular weight excluding hydrogens is 485 g/mol. The van der Waals surface area contributed by atoms with E-state index in [-0.39, 0.29) is 42.4 Å². The molecule has 0 bridgehead atoms. The number of amides is 2. The van der Waals surface area contributed by atoms with Crippen LogP contribution >= 0.6 is 24.8 Å². The molecule has 0 aliphatic carbocycles. The van der Waals surface area contributed by atoms with Gasteiger partial charge in [0.05, 0.1) is 0 Å². The summed E-state index contributed by atoms with van der Waals surface area (Å²) >= 11 is 0. The van der Waals surface area contributed by atoms with E-state index in [1.165, 1.54) is 24.3 Å². The van der Waals surface area contributed by atoms with Crippen LogP contribution in [0.5, 0.6) is 0 Å². The fourth-order valence-electron chi connectivity index (χ4n) is 4.35. The van der Waals surface area contributed by atoms with Gasteiger partial charge in [0.2, 0.25) is 11.8 Å². The first kappa shape index (κ1) is 29.8. The fourth-order valence-corrected chi connectivity index (χ4v) is 4.35. The van der Waals surface area contributed by atoms with E-state index in [1.54, 1.807) is 29.2 Å². The second kappa shape index (κ2) is 14.2. The number of rotatable bonds is 10. The lowest BCUT2D eigenvalue weighted by atomic mass is 9.87. The molecule has 188 valence electrons. The van der Waals surface area contributed by atoms with E-state index < -0.39 is 17.9 Å². The summed E-state index contributed by atoms with van der Waals surface area (Å²) < 4.78 is 26.7. The zero-order valence-electron chi connectivity index (χ0n) is 18.9. The van der Waals surface area contributed by atoms with E-state index in [9.17, 15) is 18.4 Å². The van der Waals surface area contributed by atoms with Crippen LogP contribution in [0.3, 0.4) is 0 Å². The third-order valence-corrected chi connectivity index (χ3v) is 6.07. The molecule has 34 heavy (non-hydrogen) atoms. The highest BCUT2D eigenvalue weighted by molar-refractivity contribution is 6.02. The Hall–Kier alpha value is -2.26. The molecule has 0 saturated carbocycles. The number of hydrogen-bond acceptors (Lipinski definition) is 4. The number of carbonyl (C=O) groups is 2. The Morgan fingerprint density at radius 2 is 1.21 bits per heavy atom. The third kappa shape index (κ3) is 8.20. The van der Waals surface area contributed by atoms with Gasteiger partial charge in [-0.15, -0.1) is 24.8 Å². The van der Waals surface area contributed by atoms with E-state index in [1.807, 2.05) is 0 Å². The smallest absolute Gasteiger partial charge is 0.244 e. The molecule has 3 rings (SSSR count). The van der Waals surface area contributed by atoms with Crippen LogP contribution in [-0.2, 0) is 9.59 Å². The molecule has 6 nitrogen and oxygen atoms in total. The van der Waals surface area contributed by atoms with Crippen molar-refractivity contribution in [3.05, 3.63) is 71.3 Å². The van der Waals surface area contributed by atoms with Crippen molar-refractivity contribution in [1.82, 2.24) is 9.80 Å². The monoisotopic (exact) mass is 516 g/mol. The van der Waals surface area contributed by atoms with Crippen molar-refractivity contribution < 1.29 is 18.4 Å². The molecule has 0 radical (unpaired) electrons. The fraction of sp³-hybridized carbons (Fsp3) is 0.417. The molecule has 0 unspecified atom stereocenters. The summed E-state index contributed by atoms with van der Waals surface area (Å²) in [5, 5.41) is 0. The molecule has 1 fully saturated rings. The number of unbranched alkanes of at least 4 members (excludes halogenated alkanes) is 1. The van der Waals surface area contributed by atoms with Crippen LogP contribution in [0, 0.1) is 11.6 Å². The standard InChI is InChI=1S/C24H30F2N4O2.2ClH/c25-19-8-4-17(5-9-19)21(18-6-10-20(26)11-7-18)3-1-2-12-29-13-15-30(16-14-29)22(23(27)31)24(28)32;;/h4-11,21-22H,1-3,12-16H2,(H2,27,31)(H2,28,32);2*1H. The first-order valence-corrected chi connectivity index (χ1v) is 10.9. The largest absolute Gasteiger partial charge is 0.368 e. The van der Waals surface area contributed by atoms with Gasteiger partial charge in [-0.3, -0.25) is 14.5 Å². The van der Waals surface area contributed by atoms with Gasteiger partial charge in [0.1, 0.15) is 11.6 Å². The third-order valence-electron chi connectivity index (χ3n) is 6.07. The first-order valence-electron chi connectivity index (χ1n) is 10.9. The second-order valence-electron chi connectivity index (χ2n) is 8.24.